The molecule has 0 unspecified atom stereocenters. The van der Waals surface area contributed by atoms with Crippen molar-refractivity contribution in [3.8, 4) is 44.8 Å². The smallest absolute Gasteiger partial charge is 0.0725 e. The summed E-state index contributed by atoms with van der Waals surface area (Å²) in [6, 6.07) is 76.9. The number of hydrogen-bond donors (Lipinski definition) is 0. The Balaban J connectivity index is 1.13. The van der Waals surface area contributed by atoms with Gasteiger partial charge in [-0.3, -0.25) is 0 Å². The molecular weight excluding hydrogens is 689 g/mol. The van der Waals surface area contributed by atoms with Crippen LogP contribution >= 0.6 is 0 Å². The van der Waals surface area contributed by atoms with E-state index in [0.717, 1.165) is 11.4 Å². The molecule has 0 radical (unpaired) electrons. The van der Waals surface area contributed by atoms with Gasteiger partial charge in [-0.2, -0.15) is 0 Å². The van der Waals surface area contributed by atoms with Gasteiger partial charge in [0.25, 0.3) is 0 Å². The Kier molecular flexibility index (Phi) is 6.13. The molecule has 2 nitrogen and oxygen atoms in total. The van der Waals surface area contributed by atoms with Gasteiger partial charge in [0.05, 0.1) is 27.5 Å². The molecule has 0 saturated heterocycles. The Labute approximate surface area is 330 Å². The maximum absolute atomic E-state index is 2.51. The molecule has 9 aromatic carbocycles. The third kappa shape index (κ3) is 3.99. The quantitative estimate of drug-likeness (QED) is 0.172. The van der Waals surface area contributed by atoms with E-state index >= 15 is 0 Å². The van der Waals surface area contributed by atoms with Crippen molar-refractivity contribution >= 4 is 43.6 Å². The monoisotopic (exact) mass is 722 g/mol. The van der Waals surface area contributed by atoms with Crippen molar-refractivity contribution in [3.63, 3.8) is 0 Å². The van der Waals surface area contributed by atoms with Gasteiger partial charge in [0.2, 0.25) is 0 Å². The van der Waals surface area contributed by atoms with E-state index in [-0.39, 0.29) is 0 Å². The highest BCUT2D eigenvalue weighted by molar-refractivity contribution is 6.11. The van der Waals surface area contributed by atoms with E-state index in [1.54, 1.807) is 0 Å². The minimum absolute atomic E-state index is 0.408. The second-order valence-corrected chi connectivity index (χ2v) is 15.6. The summed E-state index contributed by atoms with van der Waals surface area (Å²) < 4.78 is 4.92. The second-order valence-electron chi connectivity index (χ2n) is 15.6. The van der Waals surface area contributed by atoms with E-state index in [1.165, 1.54) is 99.2 Å². The van der Waals surface area contributed by atoms with E-state index in [0.29, 0.717) is 0 Å². The fraction of sp³-hybridized carbons (Fsp3) is 0.0182. The van der Waals surface area contributed by atoms with Gasteiger partial charge in [-0.05, 0) is 104 Å². The molecule has 57 heavy (non-hydrogen) atoms. The molecule has 0 amide bonds. The minimum atomic E-state index is -0.408. The molecule has 0 atom stereocenters. The summed E-state index contributed by atoms with van der Waals surface area (Å²) in [5.41, 5.74) is 19.7. The van der Waals surface area contributed by atoms with Crippen molar-refractivity contribution in [2.45, 2.75) is 5.41 Å². The van der Waals surface area contributed by atoms with Crippen molar-refractivity contribution in [1.29, 1.82) is 0 Å². The van der Waals surface area contributed by atoms with Crippen LogP contribution in [0.3, 0.4) is 0 Å². The van der Waals surface area contributed by atoms with Crippen molar-refractivity contribution in [1.82, 2.24) is 9.13 Å². The van der Waals surface area contributed by atoms with Crippen LogP contribution in [0.5, 0.6) is 0 Å². The number of aromatic nitrogens is 2. The highest BCUT2D eigenvalue weighted by Crippen LogP contribution is 2.63. The van der Waals surface area contributed by atoms with E-state index in [2.05, 4.69) is 215 Å². The number of nitrogens with zero attached hydrogens (tertiary/aromatic N) is 2. The first-order valence-electron chi connectivity index (χ1n) is 19.9. The predicted molar refractivity (Wildman–Crippen MR) is 237 cm³/mol. The third-order valence-electron chi connectivity index (χ3n) is 12.9. The van der Waals surface area contributed by atoms with Crippen LogP contribution in [0, 0.1) is 0 Å². The van der Waals surface area contributed by atoms with Gasteiger partial charge in [0.1, 0.15) is 0 Å². The normalized spacial score (nSPS) is 13.4. The highest BCUT2D eigenvalue weighted by atomic mass is 15.0. The molecule has 1 spiro atoms. The zero-order chi connectivity index (χ0) is 37.2. The van der Waals surface area contributed by atoms with Gasteiger partial charge >= 0.3 is 0 Å². The number of rotatable bonds is 3. The first-order chi connectivity index (χ1) is 28.3. The molecule has 264 valence electrons. The van der Waals surface area contributed by atoms with Crippen LogP contribution < -0.4 is 0 Å². The molecule has 2 aliphatic rings. The summed E-state index contributed by atoms with van der Waals surface area (Å²) in [6.07, 6.45) is 0. The average molecular weight is 723 g/mol. The zero-order valence-electron chi connectivity index (χ0n) is 31.0. The fourth-order valence-corrected chi connectivity index (χ4v) is 10.7. The molecule has 0 saturated carbocycles. The van der Waals surface area contributed by atoms with Gasteiger partial charge in [-0.15, -0.1) is 0 Å². The Bertz CT molecular complexity index is 3180. The lowest BCUT2D eigenvalue weighted by molar-refractivity contribution is 0.794. The summed E-state index contributed by atoms with van der Waals surface area (Å²) in [5.74, 6) is 0. The van der Waals surface area contributed by atoms with Crippen LogP contribution in [-0.2, 0) is 5.41 Å². The molecule has 2 heteroatoms. The lowest BCUT2D eigenvalue weighted by atomic mass is 9.70. The fourth-order valence-electron chi connectivity index (χ4n) is 10.7. The molecule has 0 N–H and O–H groups in total. The number of para-hydroxylation sites is 4. The Morgan fingerprint density at radius 2 is 0.614 bits per heavy atom. The summed E-state index contributed by atoms with van der Waals surface area (Å²) in [6.45, 7) is 0. The molecular formula is C55H34N2. The van der Waals surface area contributed by atoms with Gasteiger partial charge < -0.3 is 9.13 Å². The van der Waals surface area contributed by atoms with E-state index in [1.807, 2.05) is 0 Å². The first kappa shape index (κ1) is 30.9. The molecule has 2 heterocycles. The molecule has 11 aromatic rings. The van der Waals surface area contributed by atoms with Crippen LogP contribution in [0.15, 0.2) is 206 Å². The van der Waals surface area contributed by atoms with Crippen LogP contribution in [0.2, 0.25) is 0 Å². The van der Waals surface area contributed by atoms with E-state index in [9.17, 15) is 0 Å². The largest absolute Gasteiger partial charge is 0.309 e. The number of hydrogen-bond acceptors (Lipinski definition) is 0. The van der Waals surface area contributed by atoms with E-state index < -0.39 is 5.41 Å². The van der Waals surface area contributed by atoms with Gasteiger partial charge in [-0.1, -0.05) is 158 Å². The highest BCUT2D eigenvalue weighted by Gasteiger charge is 2.51. The number of benzene rings is 9. The Hall–Kier alpha value is -7.42. The maximum Gasteiger partial charge on any atom is 0.0725 e. The van der Waals surface area contributed by atoms with Crippen LogP contribution in [0.4, 0.5) is 0 Å². The Morgan fingerprint density at radius 3 is 1.04 bits per heavy atom. The van der Waals surface area contributed by atoms with Gasteiger partial charge in [0.15, 0.2) is 0 Å². The first-order valence-corrected chi connectivity index (χ1v) is 19.9. The minimum Gasteiger partial charge on any atom is -0.309 e. The summed E-state index contributed by atoms with van der Waals surface area (Å²) in [7, 11) is 0. The van der Waals surface area contributed by atoms with Crippen LogP contribution in [0.1, 0.15) is 22.3 Å². The van der Waals surface area contributed by atoms with Crippen LogP contribution in [-0.4, -0.2) is 9.13 Å². The van der Waals surface area contributed by atoms with Crippen molar-refractivity contribution in [2.24, 2.45) is 0 Å². The lowest BCUT2D eigenvalue weighted by Gasteiger charge is -2.30. The maximum atomic E-state index is 2.51. The summed E-state index contributed by atoms with van der Waals surface area (Å²) >= 11 is 0. The third-order valence-corrected chi connectivity index (χ3v) is 12.9. The topological polar surface area (TPSA) is 9.86 Å². The molecule has 0 bridgehead atoms. The molecule has 0 aliphatic heterocycles. The average Bonchev–Trinajstić information content (AvgIpc) is 3.98. The molecule has 2 aromatic heterocycles. The Morgan fingerprint density at radius 1 is 0.263 bits per heavy atom. The van der Waals surface area contributed by atoms with Crippen LogP contribution in [0.25, 0.3) is 88.4 Å². The summed E-state index contributed by atoms with van der Waals surface area (Å²) in [5, 5.41) is 5.03. The summed E-state index contributed by atoms with van der Waals surface area (Å²) in [4.78, 5) is 0. The number of fused-ring (bicyclic) bond motifs is 16. The zero-order valence-corrected chi connectivity index (χ0v) is 31.0. The van der Waals surface area contributed by atoms with E-state index in [4.69, 9.17) is 0 Å². The predicted octanol–water partition coefficient (Wildman–Crippen LogP) is 13.9. The molecule has 13 rings (SSSR count). The van der Waals surface area contributed by atoms with Gasteiger partial charge in [-0.25, -0.2) is 0 Å². The van der Waals surface area contributed by atoms with Crippen molar-refractivity contribution in [2.75, 3.05) is 0 Å². The molecule has 2 aliphatic carbocycles. The lowest BCUT2D eigenvalue weighted by Crippen LogP contribution is -2.25. The molecule has 0 fully saturated rings. The SMILES string of the molecule is c1ccc2c(c1)-c1ccccc1C21c2ccccc2-c2ccc(-c3cc(-n4c5ccccc5c5ccccc54)cc(-n4c5ccccc5c5ccccc54)c3)cc21. The van der Waals surface area contributed by atoms with Gasteiger partial charge in [0, 0.05) is 32.9 Å². The van der Waals surface area contributed by atoms with Crippen molar-refractivity contribution in [3.05, 3.63) is 229 Å². The van der Waals surface area contributed by atoms with Crippen molar-refractivity contribution < 1.29 is 0 Å². The second kappa shape index (κ2) is 11.3. The standard InChI is InChI=1S/C55H34N2/c1-8-22-47-39(15-1)40-16-2-9-23-48(40)55(47)49-24-10-3-17-41(49)42-30-29-35(33-50(42)55)36-31-37(56-51-25-11-4-18-43(51)44-19-5-12-26-52(44)56)34-38(32-36)57-53-27-13-6-20-45(53)46-21-7-14-28-54(46)57/h1-34H.